The lowest BCUT2D eigenvalue weighted by molar-refractivity contribution is -0.118. The van der Waals surface area contributed by atoms with Gasteiger partial charge in [0.15, 0.2) is 11.7 Å². The highest BCUT2D eigenvalue weighted by molar-refractivity contribution is 7.17. The first kappa shape index (κ1) is 18.9. The summed E-state index contributed by atoms with van der Waals surface area (Å²) in [5.74, 6) is -0.0831. The molecule has 0 bridgehead atoms. The van der Waals surface area contributed by atoms with Gasteiger partial charge in [0.05, 0.1) is 12.3 Å². The van der Waals surface area contributed by atoms with Gasteiger partial charge in [0.25, 0.3) is 5.91 Å². The second-order valence-corrected chi connectivity index (χ2v) is 6.76. The molecule has 0 radical (unpaired) electrons. The molecule has 0 atom stereocenters. The number of carbonyl (C=O) groups excluding carboxylic acids is 2. The lowest BCUT2D eigenvalue weighted by atomic mass is 10.1. The maximum absolute atomic E-state index is 12.1. The normalized spacial score (nSPS) is 10.6. The van der Waals surface area contributed by atoms with Crippen molar-refractivity contribution in [3.8, 4) is 5.75 Å². The Balaban J connectivity index is 2.01. The lowest BCUT2D eigenvalue weighted by Crippen LogP contribution is -2.20. The van der Waals surface area contributed by atoms with E-state index in [0.29, 0.717) is 28.1 Å². The average Bonchev–Trinajstić information content (AvgIpc) is 2.99. The largest absolute Gasteiger partial charge is 0.484 e. The number of rotatable bonds is 7. The first-order valence-corrected chi connectivity index (χ1v) is 8.89. The fraction of sp³-hybridized carbons (Fsp3) is 0.389. The quantitative estimate of drug-likeness (QED) is 0.759. The van der Waals surface area contributed by atoms with Gasteiger partial charge in [0, 0.05) is 0 Å². The number of ether oxygens (including phenoxy) is 2. The van der Waals surface area contributed by atoms with Gasteiger partial charge in [-0.1, -0.05) is 42.9 Å². The minimum Gasteiger partial charge on any atom is -0.484 e. The van der Waals surface area contributed by atoms with Crippen molar-refractivity contribution < 1.29 is 19.1 Å². The maximum Gasteiger partial charge on any atom is 0.350 e. The Kier molecular flexibility index (Phi) is 6.52. The third kappa shape index (κ3) is 5.29. The van der Waals surface area contributed by atoms with Crippen LogP contribution in [0.5, 0.6) is 5.75 Å². The zero-order valence-electron chi connectivity index (χ0n) is 14.8. The molecule has 0 spiro atoms. The number of benzene rings is 1. The van der Waals surface area contributed by atoms with Gasteiger partial charge in [-0.15, -0.1) is 0 Å². The van der Waals surface area contributed by atoms with Crippen molar-refractivity contribution in [2.45, 2.75) is 33.6 Å². The van der Waals surface area contributed by atoms with Crippen LogP contribution in [0.15, 0.2) is 24.3 Å². The number of amides is 1. The highest BCUT2D eigenvalue weighted by Gasteiger charge is 2.22. The third-order valence-electron chi connectivity index (χ3n) is 3.30. The second-order valence-electron chi connectivity index (χ2n) is 5.76. The van der Waals surface area contributed by atoms with E-state index in [9.17, 15) is 9.59 Å². The van der Waals surface area contributed by atoms with Crippen LogP contribution in [0.4, 0.5) is 5.13 Å². The molecule has 0 saturated heterocycles. The summed E-state index contributed by atoms with van der Waals surface area (Å²) < 4.78 is 10.5. The molecule has 0 aliphatic rings. The molecule has 134 valence electrons. The number of aryl methyl sites for hydroxylation is 1. The molecule has 7 heteroatoms. The Morgan fingerprint density at radius 1 is 1.24 bits per heavy atom. The summed E-state index contributed by atoms with van der Waals surface area (Å²) in [4.78, 5) is 28.8. The van der Waals surface area contributed by atoms with Crippen LogP contribution in [0.3, 0.4) is 0 Å². The van der Waals surface area contributed by atoms with E-state index in [1.54, 1.807) is 6.92 Å². The van der Waals surface area contributed by atoms with E-state index in [1.807, 2.05) is 45.0 Å². The summed E-state index contributed by atoms with van der Waals surface area (Å²) in [6.45, 7) is 7.76. The first-order valence-electron chi connectivity index (χ1n) is 8.07. The maximum atomic E-state index is 12.1. The molecule has 0 aliphatic carbocycles. The average molecular weight is 362 g/mol. The number of nitrogens with zero attached hydrogens (tertiary/aromatic N) is 1. The molecule has 0 saturated carbocycles. The van der Waals surface area contributed by atoms with Gasteiger partial charge < -0.3 is 9.47 Å². The van der Waals surface area contributed by atoms with E-state index >= 15 is 0 Å². The molecular weight excluding hydrogens is 340 g/mol. The fourth-order valence-corrected chi connectivity index (χ4v) is 3.09. The third-order valence-corrected chi connectivity index (χ3v) is 4.26. The second kappa shape index (κ2) is 8.62. The lowest BCUT2D eigenvalue weighted by Gasteiger charge is -2.06. The van der Waals surface area contributed by atoms with E-state index in [2.05, 4.69) is 10.3 Å². The molecule has 0 aliphatic heterocycles. The van der Waals surface area contributed by atoms with E-state index in [1.165, 1.54) is 0 Å². The van der Waals surface area contributed by atoms with Gasteiger partial charge in [-0.3, -0.25) is 10.1 Å². The van der Waals surface area contributed by atoms with E-state index in [-0.39, 0.29) is 18.4 Å². The number of aromatic nitrogens is 1. The fourth-order valence-electron chi connectivity index (χ4n) is 2.06. The number of carbonyl (C=O) groups is 2. The van der Waals surface area contributed by atoms with Gasteiger partial charge in [0.1, 0.15) is 10.6 Å². The highest BCUT2D eigenvalue weighted by Crippen LogP contribution is 2.29. The predicted octanol–water partition coefficient (Wildman–Crippen LogP) is 3.77. The molecule has 1 amide bonds. The van der Waals surface area contributed by atoms with Crippen molar-refractivity contribution in [1.29, 1.82) is 0 Å². The summed E-state index contributed by atoms with van der Waals surface area (Å²) in [7, 11) is 0. The molecule has 1 aromatic heterocycles. The standard InChI is InChI=1S/C18H22N2O4S/c1-5-23-17(22)16-15(11(2)3)20-18(25-16)19-14(21)10-24-13-8-6-12(4)7-9-13/h6-9,11H,5,10H2,1-4H3,(H,19,20,21). The van der Waals surface area contributed by atoms with Gasteiger partial charge in [-0.05, 0) is 31.9 Å². The van der Waals surface area contributed by atoms with Crippen molar-refractivity contribution in [1.82, 2.24) is 4.98 Å². The van der Waals surface area contributed by atoms with E-state index < -0.39 is 5.97 Å². The molecule has 1 N–H and O–H groups in total. The number of hydrogen-bond acceptors (Lipinski definition) is 6. The molecular formula is C18H22N2O4S. The topological polar surface area (TPSA) is 77.5 Å². The summed E-state index contributed by atoms with van der Waals surface area (Å²) >= 11 is 1.11. The minimum atomic E-state index is -0.417. The molecule has 1 aromatic carbocycles. The van der Waals surface area contributed by atoms with Gasteiger partial charge in [0.2, 0.25) is 0 Å². The Labute approximate surface area is 151 Å². The van der Waals surface area contributed by atoms with Crippen LogP contribution in [-0.2, 0) is 9.53 Å². The summed E-state index contributed by atoms with van der Waals surface area (Å²) in [5.41, 5.74) is 1.74. The first-order chi connectivity index (χ1) is 11.9. The number of thiazole rings is 1. The van der Waals surface area contributed by atoms with Crippen LogP contribution >= 0.6 is 11.3 Å². The van der Waals surface area contributed by atoms with Crippen LogP contribution < -0.4 is 10.1 Å². The highest BCUT2D eigenvalue weighted by atomic mass is 32.1. The number of esters is 1. The van der Waals surface area contributed by atoms with Gasteiger partial charge >= 0.3 is 5.97 Å². The molecule has 2 aromatic rings. The van der Waals surface area contributed by atoms with Gasteiger partial charge in [-0.25, -0.2) is 9.78 Å². The Morgan fingerprint density at radius 2 is 1.92 bits per heavy atom. The molecule has 25 heavy (non-hydrogen) atoms. The van der Waals surface area contributed by atoms with Crippen molar-refractivity contribution in [2.24, 2.45) is 0 Å². The molecule has 0 fully saturated rings. The number of nitrogens with one attached hydrogen (secondary N) is 1. The van der Waals surface area contributed by atoms with Gasteiger partial charge in [-0.2, -0.15) is 0 Å². The number of hydrogen-bond donors (Lipinski definition) is 1. The molecule has 2 rings (SSSR count). The van der Waals surface area contributed by atoms with Crippen LogP contribution in [0, 0.1) is 6.92 Å². The van der Waals surface area contributed by atoms with E-state index in [4.69, 9.17) is 9.47 Å². The summed E-state index contributed by atoms with van der Waals surface area (Å²) in [6.07, 6.45) is 0. The molecule has 6 nitrogen and oxygen atoms in total. The van der Waals surface area contributed by atoms with Crippen LogP contribution in [0.1, 0.15) is 47.6 Å². The van der Waals surface area contributed by atoms with Crippen molar-refractivity contribution in [3.63, 3.8) is 0 Å². The number of anilines is 1. The molecule has 1 heterocycles. The van der Waals surface area contributed by atoms with E-state index in [0.717, 1.165) is 16.9 Å². The monoisotopic (exact) mass is 362 g/mol. The summed E-state index contributed by atoms with van der Waals surface area (Å²) in [5, 5.41) is 3.04. The Morgan fingerprint density at radius 3 is 2.52 bits per heavy atom. The van der Waals surface area contributed by atoms with Crippen LogP contribution in [0.2, 0.25) is 0 Å². The zero-order chi connectivity index (χ0) is 18.4. The Bertz CT molecular complexity index is 738. The Hall–Kier alpha value is -2.41. The molecule has 0 unspecified atom stereocenters. The zero-order valence-corrected chi connectivity index (χ0v) is 15.6. The smallest absolute Gasteiger partial charge is 0.350 e. The predicted molar refractivity (Wildman–Crippen MR) is 97.5 cm³/mol. The SMILES string of the molecule is CCOC(=O)c1sc(NC(=O)COc2ccc(C)cc2)nc1C(C)C. The summed E-state index contributed by atoms with van der Waals surface area (Å²) in [6, 6.07) is 7.44. The van der Waals surface area contributed by atoms with Crippen molar-refractivity contribution >= 4 is 28.3 Å². The minimum absolute atomic E-state index is 0.0464. The van der Waals surface area contributed by atoms with Crippen molar-refractivity contribution in [2.75, 3.05) is 18.5 Å². The van der Waals surface area contributed by atoms with Crippen LogP contribution in [-0.4, -0.2) is 30.1 Å². The van der Waals surface area contributed by atoms with Crippen molar-refractivity contribution in [3.05, 3.63) is 40.4 Å². The van der Waals surface area contributed by atoms with Crippen LogP contribution in [0.25, 0.3) is 0 Å².